The highest BCUT2D eigenvalue weighted by Gasteiger charge is 2.16. The van der Waals surface area contributed by atoms with Gasteiger partial charge in [0, 0.05) is 6.42 Å². The Labute approximate surface area is 96.9 Å². The molecule has 86 valence electrons. The number of hydrogen-bond acceptors (Lipinski definition) is 2. The van der Waals surface area contributed by atoms with Gasteiger partial charge in [0.15, 0.2) is 0 Å². The van der Waals surface area contributed by atoms with Crippen molar-refractivity contribution in [2.45, 2.75) is 46.6 Å². The van der Waals surface area contributed by atoms with Crippen molar-refractivity contribution < 1.29 is 9.53 Å². The molecule has 0 aliphatic heterocycles. The van der Waals surface area contributed by atoms with Crippen molar-refractivity contribution in [3.8, 4) is 0 Å². The van der Waals surface area contributed by atoms with Crippen LogP contribution < -0.4 is 0 Å². The SMILES string of the molecule is CC(C)CC(=O)OC(C)(C)C.ClCCl. The molecule has 0 aromatic heterocycles. The smallest absolute Gasteiger partial charge is 0.306 e. The summed E-state index contributed by atoms with van der Waals surface area (Å²) in [7, 11) is 0. The molecule has 4 heteroatoms. The topological polar surface area (TPSA) is 26.3 Å². The van der Waals surface area contributed by atoms with Gasteiger partial charge in [-0.05, 0) is 26.7 Å². The third-order valence-electron chi connectivity index (χ3n) is 0.995. The largest absolute Gasteiger partial charge is 0.460 e. The maximum Gasteiger partial charge on any atom is 0.306 e. The lowest BCUT2D eigenvalue weighted by Gasteiger charge is -2.19. The highest BCUT2D eigenvalue weighted by molar-refractivity contribution is 6.40. The third-order valence-corrected chi connectivity index (χ3v) is 0.995. The van der Waals surface area contributed by atoms with Gasteiger partial charge in [0.1, 0.15) is 5.60 Å². The van der Waals surface area contributed by atoms with Gasteiger partial charge in [-0.25, -0.2) is 0 Å². The minimum Gasteiger partial charge on any atom is -0.460 e. The van der Waals surface area contributed by atoms with E-state index in [1.165, 1.54) is 0 Å². The van der Waals surface area contributed by atoms with Crippen LogP contribution in [0.2, 0.25) is 0 Å². The summed E-state index contributed by atoms with van der Waals surface area (Å²) >= 11 is 9.53. The van der Waals surface area contributed by atoms with Gasteiger partial charge in [0.05, 0.1) is 5.34 Å². The summed E-state index contributed by atoms with van der Waals surface area (Å²) in [5, 5.41) is 0.194. The maximum absolute atomic E-state index is 11.0. The van der Waals surface area contributed by atoms with Crippen LogP contribution in [0.15, 0.2) is 0 Å². The predicted octanol–water partition coefficient (Wildman–Crippen LogP) is 3.80. The van der Waals surface area contributed by atoms with Gasteiger partial charge >= 0.3 is 5.97 Å². The molecule has 0 aromatic carbocycles. The second-order valence-corrected chi connectivity index (χ2v) is 5.09. The summed E-state index contributed by atoms with van der Waals surface area (Å²) in [6.07, 6.45) is 0.511. The molecule has 0 aliphatic carbocycles. The van der Waals surface area contributed by atoms with Crippen LogP contribution in [0.25, 0.3) is 0 Å². The van der Waals surface area contributed by atoms with Gasteiger partial charge in [0.25, 0.3) is 0 Å². The molecular weight excluding hydrogens is 223 g/mol. The first kappa shape index (κ1) is 16.5. The first-order valence-corrected chi connectivity index (χ1v) is 5.63. The number of rotatable bonds is 2. The fourth-order valence-corrected chi connectivity index (χ4v) is 0.717. The number of carbonyl (C=O) groups is 1. The van der Waals surface area contributed by atoms with E-state index >= 15 is 0 Å². The maximum atomic E-state index is 11.0. The average Bonchev–Trinajstić information content (AvgIpc) is 1.80. The molecule has 0 fully saturated rings. The average molecular weight is 243 g/mol. The molecule has 0 rings (SSSR count). The second-order valence-electron chi connectivity index (χ2n) is 4.29. The number of halogens is 2. The quantitative estimate of drug-likeness (QED) is 0.544. The summed E-state index contributed by atoms with van der Waals surface area (Å²) in [5.74, 6) is 0.275. The molecular formula is C10H20Cl2O2. The molecule has 0 aliphatic rings. The van der Waals surface area contributed by atoms with Gasteiger partial charge < -0.3 is 4.74 Å². The Bertz CT molecular complexity index is 151. The van der Waals surface area contributed by atoms with Crippen LogP contribution in [-0.2, 0) is 9.53 Å². The van der Waals surface area contributed by atoms with E-state index in [0.717, 1.165) is 0 Å². The molecule has 14 heavy (non-hydrogen) atoms. The van der Waals surface area contributed by atoms with Crippen LogP contribution in [-0.4, -0.2) is 16.9 Å². The number of esters is 1. The zero-order valence-electron chi connectivity index (χ0n) is 9.56. The highest BCUT2D eigenvalue weighted by atomic mass is 35.5. The van der Waals surface area contributed by atoms with E-state index in [1.807, 2.05) is 34.6 Å². The van der Waals surface area contributed by atoms with Crippen molar-refractivity contribution in [1.29, 1.82) is 0 Å². The van der Waals surface area contributed by atoms with E-state index in [4.69, 9.17) is 27.9 Å². The summed E-state index contributed by atoms with van der Waals surface area (Å²) in [4.78, 5) is 11.0. The zero-order chi connectivity index (χ0) is 11.8. The first-order chi connectivity index (χ1) is 6.22. The minimum atomic E-state index is -0.341. The van der Waals surface area contributed by atoms with Crippen LogP contribution in [0.1, 0.15) is 41.0 Å². The molecule has 0 aromatic rings. The lowest BCUT2D eigenvalue weighted by Crippen LogP contribution is -2.24. The fourth-order valence-electron chi connectivity index (χ4n) is 0.717. The Morgan fingerprint density at radius 2 is 1.64 bits per heavy atom. The van der Waals surface area contributed by atoms with Crippen LogP contribution in [0.5, 0.6) is 0 Å². The van der Waals surface area contributed by atoms with E-state index in [-0.39, 0.29) is 16.9 Å². The molecule has 0 unspecified atom stereocenters. The van der Waals surface area contributed by atoms with E-state index in [9.17, 15) is 4.79 Å². The first-order valence-electron chi connectivity index (χ1n) is 4.56. The van der Waals surface area contributed by atoms with E-state index in [2.05, 4.69) is 0 Å². The molecule has 0 heterocycles. The lowest BCUT2D eigenvalue weighted by atomic mass is 10.1. The van der Waals surface area contributed by atoms with Gasteiger partial charge in [-0.15, -0.1) is 23.2 Å². The van der Waals surface area contributed by atoms with E-state index < -0.39 is 0 Å². The Morgan fingerprint density at radius 1 is 1.29 bits per heavy atom. The van der Waals surface area contributed by atoms with Gasteiger partial charge in [-0.1, -0.05) is 13.8 Å². The van der Waals surface area contributed by atoms with Gasteiger partial charge in [-0.3, -0.25) is 4.79 Å². The van der Waals surface area contributed by atoms with Crippen molar-refractivity contribution in [3.63, 3.8) is 0 Å². The zero-order valence-corrected chi connectivity index (χ0v) is 11.1. The second kappa shape index (κ2) is 8.37. The Hall–Kier alpha value is 0.0500. The van der Waals surface area contributed by atoms with Crippen LogP contribution in [0, 0.1) is 5.92 Å². The molecule has 0 saturated carbocycles. The standard InChI is InChI=1S/C9H18O2.CH2Cl2/c1-7(2)6-8(10)11-9(3,4)5;2-1-3/h7H,6H2,1-5H3;1H2. The van der Waals surface area contributed by atoms with Crippen LogP contribution in [0.3, 0.4) is 0 Å². The Morgan fingerprint density at radius 3 is 1.86 bits per heavy atom. The molecule has 0 amide bonds. The number of ether oxygens (including phenoxy) is 1. The van der Waals surface area contributed by atoms with Crippen molar-refractivity contribution in [1.82, 2.24) is 0 Å². The minimum absolute atomic E-state index is 0.104. The van der Waals surface area contributed by atoms with Crippen molar-refractivity contribution >= 4 is 29.2 Å². The van der Waals surface area contributed by atoms with Crippen molar-refractivity contribution in [2.24, 2.45) is 5.92 Å². The molecule has 0 N–H and O–H groups in total. The predicted molar refractivity (Wildman–Crippen MR) is 61.9 cm³/mol. The monoisotopic (exact) mass is 242 g/mol. The van der Waals surface area contributed by atoms with Crippen LogP contribution >= 0.6 is 23.2 Å². The Balaban J connectivity index is 0. The summed E-state index contributed by atoms with van der Waals surface area (Å²) in [6, 6.07) is 0. The third kappa shape index (κ3) is 18.0. The normalized spacial score (nSPS) is 10.6. The van der Waals surface area contributed by atoms with Gasteiger partial charge in [0.2, 0.25) is 0 Å². The van der Waals surface area contributed by atoms with E-state index in [1.54, 1.807) is 0 Å². The molecule has 0 spiro atoms. The summed E-state index contributed by atoms with van der Waals surface area (Å²) in [5.41, 5.74) is -0.341. The molecule has 0 atom stereocenters. The van der Waals surface area contributed by atoms with Gasteiger partial charge in [-0.2, -0.15) is 0 Å². The van der Waals surface area contributed by atoms with Crippen molar-refractivity contribution in [2.75, 3.05) is 5.34 Å². The highest BCUT2D eigenvalue weighted by Crippen LogP contribution is 2.10. The summed E-state index contributed by atoms with van der Waals surface area (Å²) in [6.45, 7) is 9.65. The summed E-state index contributed by atoms with van der Waals surface area (Å²) < 4.78 is 5.11. The van der Waals surface area contributed by atoms with E-state index in [0.29, 0.717) is 12.3 Å². The number of carbonyl (C=O) groups excluding carboxylic acids is 1. The lowest BCUT2D eigenvalue weighted by molar-refractivity contribution is -0.155. The van der Waals surface area contributed by atoms with Crippen molar-refractivity contribution in [3.05, 3.63) is 0 Å². The number of alkyl halides is 2. The number of hydrogen-bond donors (Lipinski definition) is 0. The molecule has 0 radical (unpaired) electrons. The molecule has 0 bridgehead atoms. The van der Waals surface area contributed by atoms with Crippen LogP contribution in [0.4, 0.5) is 0 Å². The fraction of sp³-hybridized carbons (Fsp3) is 0.900. The Kier molecular flexibility index (Phi) is 9.85. The molecule has 0 saturated heterocycles. The molecule has 2 nitrogen and oxygen atoms in total.